The van der Waals surface area contributed by atoms with Crippen molar-refractivity contribution in [2.75, 3.05) is 26.2 Å². The third-order valence-electron chi connectivity index (χ3n) is 4.98. The van der Waals surface area contributed by atoms with Crippen molar-refractivity contribution in [1.29, 1.82) is 0 Å². The van der Waals surface area contributed by atoms with Crippen LogP contribution in [-0.4, -0.2) is 74.1 Å². The Kier molecular flexibility index (Phi) is 6.08. The van der Waals surface area contributed by atoms with Crippen molar-refractivity contribution in [2.24, 2.45) is 0 Å². The molecular formula is C17H26N2O5S. The van der Waals surface area contributed by atoms with Crippen LogP contribution in [0, 0.1) is 0 Å². The van der Waals surface area contributed by atoms with Gasteiger partial charge in [0.2, 0.25) is 10.0 Å². The van der Waals surface area contributed by atoms with Gasteiger partial charge in [-0.25, -0.2) is 13.1 Å². The molecule has 2 saturated heterocycles. The van der Waals surface area contributed by atoms with Gasteiger partial charge in [0.25, 0.3) is 0 Å². The fraction of sp³-hybridized carbons (Fsp3) is 0.647. The lowest BCUT2D eigenvalue weighted by molar-refractivity contribution is -0.0201. The zero-order valence-electron chi connectivity index (χ0n) is 14.1. The Morgan fingerprint density at radius 3 is 2.44 bits per heavy atom. The summed E-state index contributed by atoms with van der Waals surface area (Å²) in [7, 11) is -3.64. The molecule has 1 aromatic carbocycles. The quantitative estimate of drug-likeness (QED) is 0.649. The van der Waals surface area contributed by atoms with E-state index in [2.05, 4.69) is 9.62 Å². The molecule has 8 heteroatoms. The maximum Gasteiger partial charge on any atom is 0.240 e. The summed E-state index contributed by atoms with van der Waals surface area (Å²) in [5, 5.41) is 19.9. The third-order valence-corrected chi connectivity index (χ3v) is 6.42. The van der Waals surface area contributed by atoms with Crippen molar-refractivity contribution >= 4 is 10.0 Å². The molecule has 2 aliphatic heterocycles. The zero-order valence-corrected chi connectivity index (χ0v) is 14.9. The lowest BCUT2D eigenvalue weighted by Gasteiger charge is -2.36. The predicted molar refractivity (Wildman–Crippen MR) is 92.6 cm³/mol. The SMILES string of the molecule is O=S(=O)(NC[C@H]1O[C@@H](CO)[C@@H](O)[C@H]1N1CCCCC1)c1ccccc1. The van der Waals surface area contributed by atoms with Gasteiger partial charge in [0, 0.05) is 6.54 Å². The molecule has 0 saturated carbocycles. The standard InChI is InChI=1S/C17H26N2O5S/c20-12-15-17(21)16(19-9-5-2-6-10-19)14(24-15)11-18-25(22,23)13-7-3-1-4-8-13/h1,3-4,7-8,14-18,20-21H,2,5-6,9-12H2/t14-,15+,16+,17-/m1/s1. The van der Waals surface area contributed by atoms with Gasteiger partial charge in [-0.2, -0.15) is 0 Å². The van der Waals surface area contributed by atoms with Gasteiger partial charge in [0.05, 0.1) is 23.6 Å². The molecule has 0 aliphatic carbocycles. The van der Waals surface area contributed by atoms with Crippen LogP contribution < -0.4 is 4.72 Å². The minimum absolute atomic E-state index is 0.0615. The fourth-order valence-corrected chi connectivity index (χ4v) is 4.75. The number of benzene rings is 1. The molecule has 0 bridgehead atoms. The highest BCUT2D eigenvalue weighted by Gasteiger charge is 2.46. The zero-order chi connectivity index (χ0) is 17.9. The van der Waals surface area contributed by atoms with E-state index < -0.39 is 28.3 Å². The van der Waals surface area contributed by atoms with E-state index in [0.717, 1.165) is 32.4 Å². The van der Waals surface area contributed by atoms with Crippen molar-refractivity contribution in [3.63, 3.8) is 0 Å². The average Bonchev–Trinajstić information content (AvgIpc) is 2.97. The summed E-state index contributed by atoms with van der Waals surface area (Å²) in [4.78, 5) is 2.35. The number of nitrogens with one attached hydrogen (secondary N) is 1. The van der Waals surface area contributed by atoms with Gasteiger partial charge in [0.15, 0.2) is 0 Å². The number of likely N-dealkylation sites (tertiary alicyclic amines) is 1. The first-order chi connectivity index (χ1) is 12.0. The van der Waals surface area contributed by atoms with Gasteiger partial charge in [-0.15, -0.1) is 0 Å². The van der Waals surface area contributed by atoms with Crippen LogP contribution >= 0.6 is 0 Å². The number of aliphatic hydroxyl groups excluding tert-OH is 2. The minimum Gasteiger partial charge on any atom is -0.394 e. The second-order valence-electron chi connectivity index (χ2n) is 6.64. The number of rotatable bonds is 6. The monoisotopic (exact) mass is 370 g/mol. The molecular weight excluding hydrogens is 344 g/mol. The molecule has 0 amide bonds. The minimum atomic E-state index is -3.64. The Bertz CT molecular complexity index is 648. The number of hydrogen-bond acceptors (Lipinski definition) is 6. The summed E-state index contributed by atoms with van der Waals surface area (Å²) in [5.41, 5.74) is 0. The Morgan fingerprint density at radius 2 is 1.80 bits per heavy atom. The maximum absolute atomic E-state index is 12.4. The van der Waals surface area contributed by atoms with Crippen LogP contribution in [0.25, 0.3) is 0 Å². The molecule has 140 valence electrons. The molecule has 0 aromatic heterocycles. The van der Waals surface area contributed by atoms with Crippen LogP contribution in [0.3, 0.4) is 0 Å². The molecule has 0 radical (unpaired) electrons. The summed E-state index contributed by atoms with van der Waals surface area (Å²) in [5.74, 6) is 0. The van der Waals surface area contributed by atoms with Crippen molar-refractivity contribution < 1.29 is 23.4 Å². The number of aliphatic hydroxyl groups is 2. The van der Waals surface area contributed by atoms with E-state index >= 15 is 0 Å². The largest absolute Gasteiger partial charge is 0.394 e. The first-order valence-electron chi connectivity index (χ1n) is 8.76. The molecule has 7 nitrogen and oxygen atoms in total. The summed E-state index contributed by atoms with van der Waals surface area (Å²) < 4.78 is 33.2. The second-order valence-corrected chi connectivity index (χ2v) is 8.41. The van der Waals surface area contributed by atoms with Crippen LogP contribution in [0.15, 0.2) is 35.2 Å². The Hall–Kier alpha value is -1.03. The average molecular weight is 370 g/mol. The van der Waals surface area contributed by atoms with Crippen LogP contribution in [0.2, 0.25) is 0 Å². The first-order valence-corrected chi connectivity index (χ1v) is 10.2. The van der Waals surface area contributed by atoms with E-state index in [1.165, 1.54) is 12.1 Å². The fourth-order valence-electron chi connectivity index (χ4n) is 3.69. The molecule has 2 aliphatic rings. The molecule has 1 aromatic rings. The van der Waals surface area contributed by atoms with Crippen molar-refractivity contribution in [2.45, 2.75) is 48.5 Å². The lowest BCUT2D eigenvalue weighted by Crippen LogP contribution is -2.52. The number of piperidine rings is 1. The van der Waals surface area contributed by atoms with Gasteiger partial charge in [-0.1, -0.05) is 24.6 Å². The molecule has 4 atom stereocenters. The predicted octanol–water partition coefficient (Wildman–Crippen LogP) is -0.0600. The topological polar surface area (TPSA) is 99.1 Å². The van der Waals surface area contributed by atoms with E-state index in [1.54, 1.807) is 18.2 Å². The highest BCUT2D eigenvalue weighted by atomic mass is 32.2. The molecule has 2 heterocycles. The number of hydrogen-bond donors (Lipinski definition) is 3. The Balaban J connectivity index is 1.70. The highest BCUT2D eigenvalue weighted by molar-refractivity contribution is 7.89. The van der Waals surface area contributed by atoms with Gasteiger partial charge in [-0.3, -0.25) is 4.90 Å². The third kappa shape index (κ3) is 4.21. The van der Waals surface area contributed by atoms with Crippen LogP contribution in [0.1, 0.15) is 19.3 Å². The Labute approximate surface area is 148 Å². The summed E-state index contributed by atoms with van der Waals surface area (Å²) in [6.07, 6.45) is 1.26. The van der Waals surface area contributed by atoms with Crippen LogP contribution in [0.5, 0.6) is 0 Å². The maximum atomic E-state index is 12.4. The summed E-state index contributed by atoms with van der Waals surface area (Å²) in [6.45, 7) is 1.48. The lowest BCUT2D eigenvalue weighted by atomic mass is 9.99. The molecule has 25 heavy (non-hydrogen) atoms. The summed E-state index contributed by atoms with van der Waals surface area (Å²) in [6, 6.07) is 7.85. The molecule has 3 rings (SSSR count). The molecule has 3 N–H and O–H groups in total. The highest BCUT2D eigenvalue weighted by Crippen LogP contribution is 2.28. The van der Waals surface area contributed by atoms with Crippen molar-refractivity contribution in [3.05, 3.63) is 30.3 Å². The first kappa shape index (κ1) is 18.8. The van der Waals surface area contributed by atoms with Gasteiger partial charge >= 0.3 is 0 Å². The summed E-state index contributed by atoms with van der Waals surface area (Å²) >= 11 is 0. The normalized spacial score (nSPS) is 31.3. The second kappa shape index (κ2) is 8.11. The van der Waals surface area contributed by atoms with E-state index in [4.69, 9.17) is 4.74 Å². The number of nitrogens with zero attached hydrogens (tertiary/aromatic N) is 1. The Morgan fingerprint density at radius 1 is 1.12 bits per heavy atom. The smallest absolute Gasteiger partial charge is 0.240 e. The number of sulfonamides is 1. The molecule has 0 spiro atoms. The number of ether oxygens (including phenoxy) is 1. The van der Waals surface area contributed by atoms with Crippen molar-refractivity contribution in [3.8, 4) is 0 Å². The van der Waals surface area contributed by atoms with Crippen LogP contribution in [0.4, 0.5) is 0 Å². The van der Waals surface area contributed by atoms with Crippen molar-refractivity contribution in [1.82, 2.24) is 9.62 Å². The van der Waals surface area contributed by atoms with Gasteiger partial charge in [-0.05, 0) is 38.1 Å². The van der Waals surface area contributed by atoms with E-state index in [-0.39, 0.29) is 24.1 Å². The van der Waals surface area contributed by atoms with Gasteiger partial charge in [0.1, 0.15) is 12.2 Å². The van der Waals surface area contributed by atoms with E-state index in [0.29, 0.717) is 0 Å². The van der Waals surface area contributed by atoms with E-state index in [1.807, 2.05) is 0 Å². The van der Waals surface area contributed by atoms with Gasteiger partial charge < -0.3 is 14.9 Å². The van der Waals surface area contributed by atoms with E-state index in [9.17, 15) is 18.6 Å². The molecule has 2 fully saturated rings. The van der Waals surface area contributed by atoms with Crippen LogP contribution in [-0.2, 0) is 14.8 Å². The molecule has 0 unspecified atom stereocenters.